The molecule has 0 aliphatic carbocycles. The molecule has 0 aliphatic rings. The molecule has 0 unspecified atom stereocenters. The highest BCUT2D eigenvalue weighted by atomic mass is 35.5. The lowest BCUT2D eigenvalue weighted by atomic mass is 10.1. The summed E-state index contributed by atoms with van der Waals surface area (Å²) in [5.41, 5.74) is -1.02. The molecule has 0 aliphatic heterocycles. The molecule has 0 radical (unpaired) electrons. The number of nitrogens with one attached hydrogen (secondary N) is 1. The van der Waals surface area contributed by atoms with E-state index in [0.717, 1.165) is 12.1 Å². The Morgan fingerprint density at radius 2 is 1.62 bits per heavy atom. The maximum absolute atomic E-state index is 13.2. The van der Waals surface area contributed by atoms with Crippen LogP contribution in [0.4, 0.5) is 32.2 Å². The van der Waals surface area contributed by atoms with E-state index < -0.39 is 34.6 Å². The summed E-state index contributed by atoms with van der Waals surface area (Å²) < 4.78 is 78.2. The molecular formula is C17H8Cl2F6N4. The van der Waals surface area contributed by atoms with Crippen LogP contribution in [0.2, 0.25) is 10.0 Å². The summed E-state index contributed by atoms with van der Waals surface area (Å²) in [5.74, 6) is -0.112. The van der Waals surface area contributed by atoms with E-state index in [0.29, 0.717) is 15.6 Å². The maximum atomic E-state index is 13.2. The molecule has 3 aromatic rings. The van der Waals surface area contributed by atoms with Crippen molar-refractivity contribution in [3.05, 3.63) is 63.3 Å². The van der Waals surface area contributed by atoms with E-state index in [1.165, 1.54) is 12.3 Å². The second-order valence-electron chi connectivity index (χ2n) is 5.65. The van der Waals surface area contributed by atoms with Gasteiger partial charge in [-0.05, 0) is 30.3 Å². The zero-order chi connectivity index (χ0) is 21.4. The highest BCUT2D eigenvalue weighted by Crippen LogP contribution is 2.38. The fourth-order valence-electron chi connectivity index (χ4n) is 2.32. The van der Waals surface area contributed by atoms with Gasteiger partial charge in [-0.2, -0.15) is 31.4 Å². The van der Waals surface area contributed by atoms with Crippen LogP contribution in [0.15, 0.2) is 41.5 Å². The van der Waals surface area contributed by atoms with Crippen LogP contribution in [0.25, 0.3) is 11.0 Å². The molecule has 0 saturated carbocycles. The highest BCUT2D eigenvalue weighted by Gasteiger charge is 2.39. The van der Waals surface area contributed by atoms with E-state index in [1.807, 2.05) is 0 Å². The molecule has 4 nitrogen and oxygen atoms in total. The van der Waals surface area contributed by atoms with E-state index in [2.05, 4.69) is 20.5 Å². The SMILES string of the molecule is FC(F)(F)c1cc(C(F)(F)F)c2ccc(NN=Cc3ccc(Cl)cc3Cl)nc2n1. The number of hydrazone groups is 1. The molecule has 1 N–H and O–H groups in total. The quantitative estimate of drug-likeness (QED) is 0.283. The predicted molar refractivity (Wildman–Crippen MR) is 97.2 cm³/mol. The van der Waals surface area contributed by atoms with E-state index in [-0.39, 0.29) is 11.9 Å². The van der Waals surface area contributed by atoms with Gasteiger partial charge < -0.3 is 0 Å². The minimum atomic E-state index is -5.07. The molecular weight excluding hydrogens is 445 g/mol. The number of hydrogen-bond donors (Lipinski definition) is 1. The van der Waals surface area contributed by atoms with Crippen molar-refractivity contribution in [1.29, 1.82) is 0 Å². The van der Waals surface area contributed by atoms with E-state index in [4.69, 9.17) is 23.2 Å². The number of alkyl halides is 6. The maximum Gasteiger partial charge on any atom is 0.433 e. The van der Waals surface area contributed by atoms with Gasteiger partial charge in [-0.25, -0.2) is 9.97 Å². The Hall–Kier alpha value is -2.59. The predicted octanol–water partition coefficient (Wildman–Crippen LogP) is 6.42. The number of nitrogens with zero attached hydrogens (tertiary/aromatic N) is 3. The number of aromatic nitrogens is 2. The van der Waals surface area contributed by atoms with Gasteiger partial charge in [-0.3, -0.25) is 5.43 Å². The fourth-order valence-corrected chi connectivity index (χ4v) is 2.78. The topological polar surface area (TPSA) is 50.2 Å². The van der Waals surface area contributed by atoms with E-state index in [9.17, 15) is 26.3 Å². The number of pyridine rings is 2. The van der Waals surface area contributed by atoms with Gasteiger partial charge in [0.25, 0.3) is 0 Å². The number of anilines is 1. The van der Waals surface area contributed by atoms with Crippen molar-refractivity contribution in [1.82, 2.24) is 9.97 Å². The van der Waals surface area contributed by atoms with Gasteiger partial charge in [0.15, 0.2) is 5.65 Å². The van der Waals surface area contributed by atoms with Gasteiger partial charge in [0.2, 0.25) is 0 Å². The van der Waals surface area contributed by atoms with Gasteiger partial charge in [-0.1, -0.05) is 29.3 Å². The van der Waals surface area contributed by atoms with Gasteiger partial charge in [0.05, 0.1) is 16.8 Å². The Labute approximate surface area is 169 Å². The lowest BCUT2D eigenvalue weighted by Crippen LogP contribution is -2.14. The molecule has 0 bridgehead atoms. The lowest BCUT2D eigenvalue weighted by molar-refractivity contribution is -0.144. The average Bonchev–Trinajstić information content (AvgIpc) is 2.61. The summed E-state index contributed by atoms with van der Waals surface area (Å²) >= 11 is 11.7. The Bertz CT molecular complexity index is 1100. The van der Waals surface area contributed by atoms with Crippen molar-refractivity contribution < 1.29 is 26.3 Å². The average molecular weight is 453 g/mol. The standard InChI is InChI=1S/C17H8Cl2F6N4/c18-9-2-1-8(12(19)5-9)7-26-29-14-4-3-10-11(16(20,21)22)6-13(17(23,24)25)27-15(10)28-14/h1-7H,(H,27,28,29). The van der Waals surface area contributed by atoms with Gasteiger partial charge >= 0.3 is 12.4 Å². The highest BCUT2D eigenvalue weighted by molar-refractivity contribution is 6.36. The zero-order valence-corrected chi connectivity index (χ0v) is 15.4. The van der Waals surface area contributed by atoms with Gasteiger partial charge in [0, 0.05) is 16.0 Å². The molecule has 2 aromatic heterocycles. The van der Waals surface area contributed by atoms with Crippen LogP contribution < -0.4 is 5.43 Å². The Morgan fingerprint density at radius 1 is 0.897 bits per heavy atom. The first-order chi connectivity index (χ1) is 13.4. The first kappa shape index (κ1) is 21.1. The third-order valence-corrected chi connectivity index (χ3v) is 4.18. The van der Waals surface area contributed by atoms with Crippen molar-refractivity contribution in [2.45, 2.75) is 12.4 Å². The summed E-state index contributed by atoms with van der Waals surface area (Å²) in [6, 6.07) is 6.65. The van der Waals surface area contributed by atoms with Crippen LogP contribution in [-0.2, 0) is 12.4 Å². The Balaban J connectivity index is 1.97. The van der Waals surface area contributed by atoms with Gasteiger partial charge in [0.1, 0.15) is 11.5 Å². The third-order valence-electron chi connectivity index (χ3n) is 3.61. The smallest absolute Gasteiger partial charge is 0.261 e. The van der Waals surface area contributed by atoms with Crippen molar-refractivity contribution >= 4 is 46.3 Å². The van der Waals surface area contributed by atoms with Crippen LogP contribution in [0.3, 0.4) is 0 Å². The monoisotopic (exact) mass is 452 g/mol. The first-order valence-electron chi connectivity index (χ1n) is 7.65. The largest absolute Gasteiger partial charge is 0.433 e. The summed E-state index contributed by atoms with van der Waals surface area (Å²) in [6.07, 6.45) is -8.80. The minimum Gasteiger partial charge on any atom is -0.261 e. The van der Waals surface area contributed by atoms with Gasteiger partial charge in [-0.15, -0.1) is 0 Å². The normalized spacial score (nSPS) is 12.7. The number of benzene rings is 1. The molecule has 152 valence electrons. The molecule has 3 rings (SSSR count). The third kappa shape index (κ3) is 4.88. The molecule has 0 saturated heterocycles. The van der Waals surface area contributed by atoms with Crippen LogP contribution in [0.5, 0.6) is 0 Å². The molecule has 29 heavy (non-hydrogen) atoms. The second-order valence-corrected chi connectivity index (χ2v) is 6.50. The zero-order valence-electron chi connectivity index (χ0n) is 13.9. The molecule has 1 aromatic carbocycles. The molecule has 2 heterocycles. The van der Waals surface area contributed by atoms with Crippen LogP contribution in [0.1, 0.15) is 16.8 Å². The molecule has 0 spiro atoms. The summed E-state index contributed by atoms with van der Waals surface area (Å²) in [6.45, 7) is 0. The van der Waals surface area contributed by atoms with Crippen LogP contribution >= 0.6 is 23.2 Å². The fraction of sp³-hybridized carbons (Fsp3) is 0.118. The van der Waals surface area contributed by atoms with Crippen molar-refractivity contribution in [3.63, 3.8) is 0 Å². The minimum absolute atomic E-state index is 0.0438. The molecule has 0 atom stereocenters. The van der Waals surface area contributed by atoms with Crippen molar-refractivity contribution in [2.24, 2.45) is 5.10 Å². The van der Waals surface area contributed by atoms with Crippen molar-refractivity contribution in [3.8, 4) is 0 Å². The number of rotatable bonds is 3. The number of hydrogen-bond acceptors (Lipinski definition) is 4. The lowest BCUT2D eigenvalue weighted by Gasteiger charge is -2.14. The summed E-state index contributed by atoms with van der Waals surface area (Å²) in [4.78, 5) is 6.91. The number of fused-ring (bicyclic) bond motifs is 1. The van der Waals surface area contributed by atoms with E-state index >= 15 is 0 Å². The second kappa shape index (κ2) is 7.68. The summed E-state index contributed by atoms with van der Waals surface area (Å²) in [7, 11) is 0. The van der Waals surface area contributed by atoms with Crippen molar-refractivity contribution in [2.75, 3.05) is 5.43 Å². The Kier molecular flexibility index (Phi) is 5.59. The van der Waals surface area contributed by atoms with Crippen LogP contribution in [-0.4, -0.2) is 16.2 Å². The first-order valence-corrected chi connectivity index (χ1v) is 8.41. The molecule has 12 heteroatoms. The molecule has 0 fully saturated rings. The summed E-state index contributed by atoms with van der Waals surface area (Å²) in [5, 5.41) is 3.94. The van der Waals surface area contributed by atoms with Crippen LogP contribution in [0, 0.1) is 0 Å². The molecule has 0 amide bonds. The Morgan fingerprint density at radius 3 is 2.24 bits per heavy atom. The number of halogens is 8. The van der Waals surface area contributed by atoms with E-state index in [1.54, 1.807) is 12.1 Å².